The van der Waals surface area contributed by atoms with Crippen molar-refractivity contribution in [3.8, 4) is 5.75 Å². The highest BCUT2D eigenvalue weighted by atomic mass is 127. The normalized spacial score (nSPS) is 11.6. The highest BCUT2D eigenvalue weighted by Gasteiger charge is 2.27. The van der Waals surface area contributed by atoms with Crippen LogP contribution in [0, 0.1) is 0 Å². The molecule has 0 amide bonds. The van der Waals surface area contributed by atoms with Crippen LogP contribution in [0.4, 0.5) is 13.2 Å². The van der Waals surface area contributed by atoms with Gasteiger partial charge in [-0.05, 0) is 35.7 Å². The molecule has 0 radical (unpaired) electrons. The predicted molar refractivity (Wildman–Crippen MR) is 122 cm³/mol. The largest absolute Gasteiger partial charge is 0.497 e. The van der Waals surface area contributed by atoms with E-state index in [4.69, 9.17) is 4.74 Å². The summed E-state index contributed by atoms with van der Waals surface area (Å²) in [4.78, 5) is 4.56. The fourth-order valence-corrected chi connectivity index (χ4v) is 2.47. The molecule has 0 bridgehead atoms. The summed E-state index contributed by atoms with van der Waals surface area (Å²) in [5.74, 6) is 1.48. The molecule has 30 heavy (non-hydrogen) atoms. The van der Waals surface area contributed by atoms with Crippen LogP contribution in [0.15, 0.2) is 53.5 Å². The van der Waals surface area contributed by atoms with Gasteiger partial charge in [0.25, 0.3) is 0 Å². The first-order valence-corrected chi connectivity index (χ1v) is 9.27. The molecular weight excluding hydrogens is 510 g/mol. The van der Waals surface area contributed by atoms with Gasteiger partial charge in [-0.1, -0.05) is 36.4 Å². The zero-order valence-electron chi connectivity index (χ0n) is 17.0. The first kappa shape index (κ1) is 26.0. The van der Waals surface area contributed by atoms with Crippen molar-refractivity contribution in [2.45, 2.75) is 32.8 Å². The van der Waals surface area contributed by atoms with Crippen LogP contribution >= 0.6 is 24.0 Å². The summed E-state index contributed by atoms with van der Waals surface area (Å²) in [6.45, 7) is 2.46. The fraction of sp³-hybridized carbons (Fsp3) is 0.381. The van der Waals surface area contributed by atoms with E-state index in [2.05, 4.69) is 20.4 Å². The lowest BCUT2D eigenvalue weighted by Gasteiger charge is -2.12. The molecule has 2 aromatic rings. The molecule has 0 spiro atoms. The van der Waals surface area contributed by atoms with Crippen molar-refractivity contribution in [2.24, 2.45) is 4.99 Å². The number of halogens is 4. The number of nitrogens with zero attached hydrogens (tertiary/aromatic N) is 1. The summed E-state index contributed by atoms with van der Waals surface area (Å²) in [7, 11) is 1.63. The number of hydrogen-bond acceptors (Lipinski definition) is 3. The molecule has 0 heterocycles. The number of guanidine groups is 1. The Balaban J connectivity index is 0.00000450. The van der Waals surface area contributed by atoms with Crippen molar-refractivity contribution < 1.29 is 22.6 Å². The van der Waals surface area contributed by atoms with E-state index >= 15 is 0 Å². The Morgan fingerprint density at radius 2 is 1.53 bits per heavy atom. The number of aliphatic imine (C=N–C) groups is 1. The van der Waals surface area contributed by atoms with Crippen molar-refractivity contribution in [1.82, 2.24) is 10.6 Å². The molecule has 2 aromatic carbocycles. The summed E-state index contributed by atoms with van der Waals surface area (Å²) in [5, 5.41) is 6.43. The Morgan fingerprint density at radius 1 is 0.933 bits per heavy atom. The molecule has 0 aromatic heterocycles. The summed E-state index contributed by atoms with van der Waals surface area (Å²) in [6.07, 6.45) is -4.31. The molecule has 5 nitrogen and oxygen atoms in total. The smallest absolute Gasteiger partial charge is 0.411 e. The van der Waals surface area contributed by atoms with Crippen LogP contribution in [-0.4, -0.2) is 32.4 Å². The molecule has 0 atom stereocenters. The second kappa shape index (κ2) is 13.3. The van der Waals surface area contributed by atoms with Crippen LogP contribution in [0.3, 0.4) is 0 Å². The Bertz CT molecular complexity index is 767. The maximum atomic E-state index is 12.1. The number of ether oxygens (including phenoxy) is 2. The van der Waals surface area contributed by atoms with E-state index in [1.807, 2.05) is 43.3 Å². The van der Waals surface area contributed by atoms with E-state index in [-0.39, 0.29) is 30.6 Å². The number of methoxy groups -OCH3 is 1. The summed E-state index contributed by atoms with van der Waals surface area (Å²) in [6, 6.07) is 14.9. The third-order valence-electron chi connectivity index (χ3n) is 3.94. The van der Waals surface area contributed by atoms with Gasteiger partial charge in [-0.3, -0.25) is 0 Å². The topological polar surface area (TPSA) is 54.9 Å². The van der Waals surface area contributed by atoms with Crippen molar-refractivity contribution >= 4 is 29.9 Å². The number of rotatable bonds is 9. The van der Waals surface area contributed by atoms with Gasteiger partial charge in [-0.25, -0.2) is 4.99 Å². The van der Waals surface area contributed by atoms with E-state index in [0.29, 0.717) is 24.6 Å². The molecule has 0 aliphatic heterocycles. The lowest BCUT2D eigenvalue weighted by atomic mass is 10.1. The minimum absolute atomic E-state index is 0. The van der Waals surface area contributed by atoms with Gasteiger partial charge in [0, 0.05) is 13.1 Å². The van der Waals surface area contributed by atoms with E-state index in [1.165, 1.54) is 0 Å². The maximum absolute atomic E-state index is 12.1. The summed E-state index contributed by atoms with van der Waals surface area (Å²) in [5.41, 5.74) is 2.74. The zero-order valence-corrected chi connectivity index (χ0v) is 19.3. The average Bonchev–Trinajstić information content (AvgIpc) is 2.70. The minimum atomic E-state index is -4.31. The Kier molecular flexibility index (Phi) is 11.6. The van der Waals surface area contributed by atoms with E-state index < -0.39 is 12.8 Å². The lowest BCUT2D eigenvalue weighted by Crippen LogP contribution is -2.36. The molecule has 0 saturated carbocycles. The molecule has 0 saturated heterocycles. The van der Waals surface area contributed by atoms with Gasteiger partial charge < -0.3 is 20.1 Å². The van der Waals surface area contributed by atoms with Crippen LogP contribution in [0.2, 0.25) is 0 Å². The molecule has 0 unspecified atom stereocenters. The molecular formula is C21H27F3IN3O2. The molecule has 2 rings (SSSR count). The monoisotopic (exact) mass is 537 g/mol. The highest BCUT2D eigenvalue weighted by Crippen LogP contribution is 2.16. The average molecular weight is 537 g/mol. The van der Waals surface area contributed by atoms with Gasteiger partial charge in [0.15, 0.2) is 5.96 Å². The summed E-state index contributed by atoms with van der Waals surface area (Å²) >= 11 is 0. The second-order valence-corrected chi connectivity index (χ2v) is 6.32. The third kappa shape index (κ3) is 10.1. The minimum Gasteiger partial charge on any atom is -0.497 e. The number of benzene rings is 2. The van der Waals surface area contributed by atoms with Gasteiger partial charge in [0.05, 0.1) is 20.3 Å². The molecule has 0 fully saturated rings. The molecule has 0 aliphatic carbocycles. The van der Waals surface area contributed by atoms with Crippen molar-refractivity contribution in [2.75, 3.05) is 20.3 Å². The van der Waals surface area contributed by atoms with E-state index in [0.717, 1.165) is 23.4 Å². The van der Waals surface area contributed by atoms with E-state index in [9.17, 15) is 13.2 Å². The van der Waals surface area contributed by atoms with Gasteiger partial charge in [0.2, 0.25) is 0 Å². The van der Waals surface area contributed by atoms with Gasteiger partial charge in [-0.2, -0.15) is 13.2 Å². The van der Waals surface area contributed by atoms with Gasteiger partial charge in [-0.15, -0.1) is 24.0 Å². The Labute approximate surface area is 192 Å². The SMILES string of the molecule is CCNC(=NCc1ccc(OC)cc1)NCc1ccc(COCC(F)(F)F)cc1.I. The molecule has 9 heteroatoms. The predicted octanol–water partition coefficient (Wildman–Crippen LogP) is 4.65. The molecule has 2 N–H and O–H groups in total. The van der Waals surface area contributed by atoms with Crippen molar-refractivity contribution in [3.05, 3.63) is 65.2 Å². The number of nitrogens with one attached hydrogen (secondary N) is 2. The molecule has 166 valence electrons. The maximum Gasteiger partial charge on any atom is 0.411 e. The summed E-state index contributed by atoms with van der Waals surface area (Å²) < 4.78 is 46.1. The lowest BCUT2D eigenvalue weighted by molar-refractivity contribution is -0.176. The quantitative estimate of drug-likeness (QED) is 0.278. The second-order valence-electron chi connectivity index (χ2n) is 6.32. The highest BCUT2D eigenvalue weighted by molar-refractivity contribution is 14.0. The molecule has 0 aliphatic rings. The van der Waals surface area contributed by atoms with Gasteiger partial charge >= 0.3 is 6.18 Å². The van der Waals surface area contributed by atoms with Gasteiger partial charge in [0.1, 0.15) is 12.4 Å². The number of alkyl halides is 3. The van der Waals surface area contributed by atoms with Crippen LogP contribution in [-0.2, 0) is 24.4 Å². The van der Waals surface area contributed by atoms with Crippen LogP contribution in [0.5, 0.6) is 5.75 Å². The zero-order chi connectivity index (χ0) is 21.1. The third-order valence-corrected chi connectivity index (χ3v) is 3.94. The van der Waals surface area contributed by atoms with Crippen LogP contribution in [0.25, 0.3) is 0 Å². The number of hydrogen-bond donors (Lipinski definition) is 2. The Morgan fingerprint density at radius 3 is 2.10 bits per heavy atom. The first-order chi connectivity index (χ1) is 13.9. The van der Waals surface area contributed by atoms with Crippen LogP contribution in [0.1, 0.15) is 23.6 Å². The van der Waals surface area contributed by atoms with Crippen molar-refractivity contribution in [1.29, 1.82) is 0 Å². The first-order valence-electron chi connectivity index (χ1n) is 9.27. The van der Waals surface area contributed by atoms with Crippen molar-refractivity contribution in [3.63, 3.8) is 0 Å². The van der Waals surface area contributed by atoms with E-state index in [1.54, 1.807) is 19.2 Å². The fourth-order valence-electron chi connectivity index (χ4n) is 2.47. The Hall–Kier alpha value is -2.01. The van der Waals surface area contributed by atoms with Crippen LogP contribution < -0.4 is 15.4 Å². The standard InChI is InChI=1S/C21H26F3N3O2.HI/c1-3-25-20(27-13-17-8-10-19(28-2)11-9-17)26-12-16-4-6-18(7-5-16)14-29-15-21(22,23)24;/h4-11H,3,12-15H2,1-2H3,(H2,25,26,27);1H.